The molecule has 0 saturated heterocycles. The zero-order valence-electron chi connectivity index (χ0n) is 40.9. The fourth-order valence-corrected chi connectivity index (χ4v) is 6.38. The van der Waals surface area contributed by atoms with Crippen LogP contribution in [-0.2, 0) is 34.1 Å². The van der Waals surface area contributed by atoms with Crippen LogP contribution in [0.1, 0.15) is 244 Å². The van der Waals surface area contributed by atoms with Gasteiger partial charge in [-0.2, -0.15) is 0 Å². The summed E-state index contributed by atoms with van der Waals surface area (Å²) in [5, 5.41) is 83.3. The van der Waals surface area contributed by atoms with Gasteiger partial charge in [0, 0.05) is 0 Å². The van der Waals surface area contributed by atoms with E-state index in [1.54, 1.807) is 0 Å². The second-order valence-electron chi connectivity index (χ2n) is 18.4. The van der Waals surface area contributed by atoms with Crippen molar-refractivity contribution in [3.05, 3.63) is 115 Å². The quantitative estimate of drug-likeness (QED) is 0.0969. The van der Waals surface area contributed by atoms with Crippen LogP contribution in [0, 0.1) is 0 Å². The first kappa shape index (κ1) is 63.1. The topological polar surface area (TPSA) is 241 Å². The Bertz CT molecular complexity index is 1950. The van der Waals surface area contributed by atoms with Gasteiger partial charge in [-0.05, 0) is 93.9 Å². The summed E-state index contributed by atoms with van der Waals surface area (Å²) in [5.41, 5.74) is 5.50. The first-order valence-corrected chi connectivity index (χ1v) is 21.7. The van der Waals surface area contributed by atoms with Crippen LogP contribution in [0.5, 0.6) is 23.0 Å². The molecule has 0 bridgehead atoms. The van der Waals surface area contributed by atoms with Crippen molar-refractivity contribution in [3.8, 4) is 23.0 Å². The van der Waals surface area contributed by atoms with E-state index in [0.717, 1.165) is 22.3 Å². The smallest absolute Gasteiger partial charge is 0.872 e. The minimum absolute atomic E-state index is 0. The molecule has 0 aliphatic rings. The summed E-state index contributed by atoms with van der Waals surface area (Å²) in [6.07, 6.45) is 0. The van der Waals surface area contributed by atoms with E-state index in [9.17, 15) is 39.6 Å². The number of carboxylic acids is 4. The molecule has 0 heterocycles. The summed E-state index contributed by atoms with van der Waals surface area (Å²) in [7, 11) is 0. The number of carboxylic acid groups (broad SMARTS) is 4. The van der Waals surface area contributed by atoms with E-state index in [1.807, 2.05) is 135 Å². The summed E-state index contributed by atoms with van der Waals surface area (Å²) in [4.78, 5) is 43.9. The largest absolute Gasteiger partial charge is 2.00 e. The van der Waals surface area contributed by atoms with Gasteiger partial charge in [-0.25, -0.2) is 19.2 Å². The molecule has 12 nitrogen and oxygen atoms in total. The van der Waals surface area contributed by atoms with Crippen LogP contribution < -0.4 is 20.4 Å². The summed E-state index contributed by atoms with van der Waals surface area (Å²) in [6, 6.07) is 13.2. The molecule has 2 radical (unpaired) electrons. The number of carbonyl (C=O) groups is 4. The molecule has 4 rings (SSSR count). The van der Waals surface area contributed by atoms with E-state index in [0.29, 0.717) is 22.3 Å². The molecular formula is C52H68Cu2O12. The third-order valence-electron chi connectivity index (χ3n) is 10.6. The third-order valence-corrected chi connectivity index (χ3v) is 10.6. The van der Waals surface area contributed by atoms with Crippen LogP contribution in [-0.4, -0.2) is 44.3 Å². The SMILES string of the molecule is CC(C)c1cc(C(=O)O)c([O-])c(C(C)C)c1.CC(C)c1cc(C(=O)O)c([O-])c(C(C)C)c1.CC(C)c1cc(C(=O)O)c([O-])c(C(C)C)c1.CC(C)c1cc(C(=O)O)c([O-])c(C(C)C)c1.[Cu+2].[Cu+2]. The molecule has 4 N–H and O–H groups in total. The van der Waals surface area contributed by atoms with Crippen molar-refractivity contribution in [2.24, 2.45) is 0 Å². The molecule has 0 spiro atoms. The van der Waals surface area contributed by atoms with Gasteiger partial charge in [0.2, 0.25) is 0 Å². The molecule has 0 aliphatic heterocycles. The zero-order chi connectivity index (χ0) is 49.8. The van der Waals surface area contributed by atoms with Crippen molar-refractivity contribution < 1.29 is 94.2 Å². The van der Waals surface area contributed by atoms with Crippen molar-refractivity contribution >= 4 is 23.9 Å². The molecule has 0 atom stereocenters. The number of aromatic carboxylic acids is 4. The molecule has 66 heavy (non-hydrogen) atoms. The van der Waals surface area contributed by atoms with Crippen molar-refractivity contribution in [2.45, 2.75) is 158 Å². The van der Waals surface area contributed by atoms with Gasteiger partial charge < -0.3 is 40.9 Å². The Morgan fingerprint density at radius 2 is 0.439 bits per heavy atom. The molecule has 4 aromatic carbocycles. The van der Waals surface area contributed by atoms with Gasteiger partial charge in [0.05, 0.1) is 22.3 Å². The van der Waals surface area contributed by atoms with Crippen LogP contribution in [0.25, 0.3) is 0 Å². The average Bonchev–Trinajstić information content (AvgIpc) is 3.17. The minimum atomic E-state index is -1.14. The molecule has 0 fully saturated rings. The zero-order valence-corrected chi connectivity index (χ0v) is 42.8. The van der Waals surface area contributed by atoms with Crippen LogP contribution >= 0.6 is 0 Å². The summed E-state index contributed by atoms with van der Waals surface area (Å²) >= 11 is 0. The van der Waals surface area contributed by atoms with E-state index in [-0.39, 0.29) is 127 Å². The Balaban J connectivity index is 0. The number of hydrogen-bond acceptors (Lipinski definition) is 8. The molecule has 370 valence electrons. The Kier molecular flexibility index (Phi) is 26.4. The fraction of sp³-hybridized carbons (Fsp3) is 0.462. The predicted octanol–water partition coefficient (Wildman–Crippen LogP) is 10.8. The molecule has 0 unspecified atom stereocenters. The Morgan fingerprint density at radius 1 is 0.303 bits per heavy atom. The molecular weight excluding hydrogens is 944 g/mol. The summed E-state index contributed by atoms with van der Waals surface area (Å²) in [5.74, 6) is -4.94. The van der Waals surface area contributed by atoms with Crippen molar-refractivity contribution in [1.29, 1.82) is 0 Å². The van der Waals surface area contributed by atoms with Gasteiger partial charge in [0.1, 0.15) is 0 Å². The molecule has 0 aliphatic carbocycles. The van der Waals surface area contributed by atoms with Crippen LogP contribution in [0.2, 0.25) is 0 Å². The number of benzene rings is 4. The maximum Gasteiger partial charge on any atom is 2.00 e. The second-order valence-corrected chi connectivity index (χ2v) is 18.4. The Labute approximate surface area is 412 Å². The summed E-state index contributed by atoms with van der Waals surface area (Å²) in [6.45, 7) is 31.0. The molecule has 4 aromatic rings. The van der Waals surface area contributed by atoms with E-state index >= 15 is 0 Å². The monoisotopic (exact) mass is 1010 g/mol. The van der Waals surface area contributed by atoms with Crippen molar-refractivity contribution in [2.75, 3.05) is 0 Å². The third kappa shape index (κ3) is 17.3. The fourth-order valence-electron chi connectivity index (χ4n) is 6.38. The van der Waals surface area contributed by atoms with Crippen LogP contribution in [0.15, 0.2) is 48.5 Å². The standard InChI is InChI=1S/4C13H18O3.2Cu/c4*1-7(2)9-5-10(8(3)4)12(14)11(6-9)13(15)16;;/h4*5-8,14H,1-4H3,(H,15,16);;/q;;;;2*+2/p-4. The van der Waals surface area contributed by atoms with Gasteiger partial charge in [0.15, 0.2) is 0 Å². The first-order chi connectivity index (χ1) is 29.4. The van der Waals surface area contributed by atoms with Crippen molar-refractivity contribution in [1.82, 2.24) is 0 Å². The van der Waals surface area contributed by atoms with Gasteiger partial charge in [0.25, 0.3) is 0 Å². The summed E-state index contributed by atoms with van der Waals surface area (Å²) < 4.78 is 0. The maximum absolute atomic E-state index is 11.8. The predicted molar refractivity (Wildman–Crippen MR) is 244 cm³/mol. The number of hydrogen-bond donors (Lipinski definition) is 4. The van der Waals surface area contributed by atoms with Gasteiger partial charge in [-0.15, -0.1) is 0 Å². The van der Waals surface area contributed by atoms with Crippen molar-refractivity contribution in [3.63, 3.8) is 0 Å². The Hall–Kier alpha value is -5.00. The second kappa shape index (κ2) is 27.6. The van der Waals surface area contributed by atoms with Crippen LogP contribution in [0.3, 0.4) is 0 Å². The van der Waals surface area contributed by atoms with Gasteiger partial charge >= 0.3 is 58.0 Å². The van der Waals surface area contributed by atoms with Gasteiger partial charge in [-0.1, -0.05) is 180 Å². The normalized spacial score (nSPS) is 10.8. The minimum Gasteiger partial charge on any atom is -0.872 e. The van der Waals surface area contributed by atoms with E-state index in [2.05, 4.69) is 0 Å². The molecule has 0 amide bonds. The van der Waals surface area contributed by atoms with Crippen LogP contribution in [0.4, 0.5) is 0 Å². The van der Waals surface area contributed by atoms with E-state index < -0.39 is 23.9 Å². The van der Waals surface area contributed by atoms with E-state index in [1.165, 1.54) is 24.3 Å². The first-order valence-electron chi connectivity index (χ1n) is 21.7. The van der Waals surface area contributed by atoms with E-state index in [4.69, 9.17) is 20.4 Å². The molecule has 0 saturated carbocycles. The molecule has 14 heteroatoms. The maximum atomic E-state index is 11.8. The average molecular weight is 1010 g/mol. The Morgan fingerprint density at radius 3 is 0.530 bits per heavy atom. The molecule has 0 aromatic heterocycles. The van der Waals surface area contributed by atoms with Gasteiger partial charge in [-0.3, -0.25) is 0 Å². The number of rotatable bonds is 12.